The number of aliphatic hydroxyl groups is 1. The van der Waals surface area contributed by atoms with Gasteiger partial charge in [0.1, 0.15) is 5.76 Å². The van der Waals surface area contributed by atoms with E-state index < -0.39 is 33.5 Å². The van der Waals surface area contributed by atoms with Gasteiger partial charge in [-0.2, -0.15) is 4.31 Å². The first-order chi connectivity index (χ1) is 18.2. The molecule has 2 aromatic carbocycles. The molecule has 0 spiro atoms. The van der Waals surface area contributed by atoms with Crippen molar-refractivity contribution in [3.63, 3.8) is 0 Å². The van der Waals surface area contributed by atoms with Crippen molar-refractivity contribution in [1.29, 1.82) is 0 Å². The van der Waals surface area contributed by atoms with E-state index in [-0.39, 0.29) is 29.2 Å². The van der Waals surface area contributed by atoms with Crippen LogP contribution in [0.2, 0.25) is 0 Å². The molecule has 11 heteroatoms. The largest absolute Gasteiger partial charge is 0.507 e. The Morgan fingerprint density at radius 3 is 2.21 bits per heavy atom. The third kappa shape index (κ3) is 5.13. The highest BCUT2D eigenvalue weighted by Gasteiger charge is 2.46. The Balaban J connectivity index is 1.77. The van der Waals surface area contributed by atoms with Crippen LogP contribution >= 0.6 is 0 Å². The zero-order valence-corrected chi connectivity index (χ0v) is 22.5. The number of Topliss-reactive ketones (excluding diaryl/α,β-unsaturated/α-hetero) is 1. The van der Waals surface area contributed by atoms with Crippen molar-refractivity contribution in [2.24, 2.45) is 0 Å². The maximum atomic E-state index is 13.2. The molecule has 4 rings (SSSR count). The summed E-state index contributed by atoms with van der Waals surface area (Å²) in [7, 11) is 0.797. The summed E-state index contributed by atoms with van der Waals surface area (Å²) in [5.74, 6) is -1.15. The monoisotopic (exact) mass is 544 g/mol. The lowest BCUT2D eigenvalue weighted by atomic mass is 9.95. The molecule has 10 nitrogen and oxygen atoms in total. The first kappa shape index (κ1) is 27.6. The van der Waals surface area contributed by atoms with E-state index in [9.17, 15) is 23.1 Å². The molecule has 1 atom stereocenters. The van der Waals surface area contributed by atoms with E-state index in [1.54, 1.807) is 18.2 Å². The Morgan fingerprint density at radius 2 is 1.61 bits per heavy atom. The molecule has 0 bridgehead atoms. The van der Waals surface area contributed by atoms with Gasteiger partial charge in [0.25, 0.3) is 11.7 Å². The van der Waals surface area contributed by atoms with Gasteiger partial charge in [-0.05, 0) is 54.8 Å². The van der Waals surface area contributed by atoms with Gasteiger partial charge in [0, 0.05) is 32.3 Å². The van der Waals surface area contributed by atoms with Crippen LogP contribution in [0.15, 0.2) is 52.9 Å². The standard InChI is InChI=1S/C27H32N2O8S/c1-35-16-15-29-24(19-9-12-21(36-2)22(17-19)37-3)23(26(31)27(29)32)25(30)18-7-10-20(11-8-18)38(33,34)28-13-5-4-6-14-28/h7-12,17,24,30H,4-6,13-16H2,1-3H3/b25-23+/t24-/m0/s1. The quantitative estimate of drug-likeness (QED) is 0.291. The van der Waals surface area contributed by atoms with Crippen LogP contribution in [0.4, 0.5) is 0 Å². The topological polar surface area (TPSA) is 123 Å². The number of hydrogen-bond donors (Lipinski definition) is 1. The third-order valence-corrected chi connectivity index (χ3v) is 8.79. The molecule has 38 heavy (non-hydrogen) atoms. The SMILES string of the molecule is COCCN1C(=O)C(=O)/C(=C(/O)c2ccc(S(=O)(=O)N3CCCCC3)cc2)[C@@H]1c1ccc(OC)c(OC)c1. The number of ketones is 1. The highest BCUT2D eigenvalue weighted by molar-refractivity contribution is 7.89. The lowest BCUT2D eigenvalue weighted by Gasteiger charge is -2.26. The number of carbonyl (C=O) groups excluding carboxylic acids is 2. The maximum absolute atomic E-state index is 13.2. The van der Waals surface area contributed by atoms with Crippen LogP contribution < -0.4 is 9.47 Å². The van der Waals surface area contributed by atoms with Crippen LogP contribution in [0.5, 0.6) is 11.5 Å². The summed E-state index contributed by atoms with van der Waals surface area (Å²) in [4.78, 5) is 27.6. The fraction of sp³-hybridized carbons (Fsp3) is 0.407. The zero-order valence-electron chi connectivity index (χ0n) is 21.7. The molecule has 2 heterocycles. The fourth-order valence-corrected chi connectivity index (χ4v) is 6.38. The minimum Gasteiger partial charge on any atom is -0.507 e. The first-order valence-corrected chi connectivity index (χ1v) is 13.8. The molecular weight excluding hydrogens is 512 g/mol. The summed E-state index contributed by atoms with van der Waals surface area (Å²) in [6.07, 6.45) is 2.64. The molecule has 2 aliphatic rings. The highest BCUT2D eigenvalue weighted by atomic mass is 32.2. The number of carbonyl (C=O) groups is 2. The number of amides is 1. The second kappa shape index (κ2) is 11.5. The zero-order chi connectivity index (χ0) is 27.4. The number of aliphatic hydroxyl groups excluding tert-OH is 1. The van der Waals surface area contributed by atoms with Crippen LogP contribution in [0.1, 0.15) is 36.4 Å². The molecular formula is C27H32N2O8S. The molecule has 2 aromatic rings. The van der Waals surface area contributed by atoms with Gasteiger partial charge in [-0.3, -0.25) is 9.59 Å². The van der Waals surface area contributed by atoms with Gasteiger partial charge in [-0.1, -0.05) is 12.5 Å². The molecule has 0 radical (unpaired) electrons. The van der Waals surface area contributed by atoms with Gasteiger partial charge in [0.15, 0.2) is 11.5 Å². The fourth-order valence-electron chi connectivity index (χ4n) is 4.86. The van der Waals surface area contributed by atoms with Gasteiger partial charge in [-0.25, -0.2) is 8.42 Å². The molecule has 0 aliphatic carbocycles. The van der Waals surface area contributed by atoms with Gasteiger partial charge in [0.05, 0.1) is 37.3 Å². The van der Waals surface area contributed by atoms with E-state index in [1.807, 2.05) is 0 Å². The Bertz CT molecular complexity index is 1330. The van der Waals surface area contributed by atoms with Gasteiger partial charge in [0.2, 0.25) is 10.0 Å². The molecule has 1 amide bonds. The van der Waals surface area contributed by atoms with E-state index in [4.69, 9.17) is 14.2 Å². The van der Waals surface area contributed by atoms with Crippen molar-refractivity contribution in [1.82, 2.24) is 9.21 Å². The summed E-state index contributed by atoms with van der Waals surface area (Å²) in [6.45, 7) is 1.24. The molecule has 2 fully saturated rings. The minimum atomic E-state index is -3.66. The number of benzene rings is 2. The number of nitrogens with zero attached hydrogens (tertiary/aromatic N) is 2. The van der Waals surface area contributed by atoms with E-state index in [2.05, 4.69) is 0 Å². The van der Waals surface area contributed by atoms with Gasteiger partial charge >= 0.3 is 0 Å². The van der Waals surface area contributed by atoms with E-state index >= 15 is 0 Å². The summed E-state index contributed by atoms with van der Waals surface area (Å²) < 4.78 is 43.4. The lowest BCUT2D eigenvalue weighted by molar-refractivity contribution is -0.140. The molecule has 1 N–H and O–H groups in total. The molecule has 0 aromatic heterocycles. The van der Waals surface area contributed by atoms with Gasteiger partial charge < -0.3 is 24.2 Å². The van der Waals surface area contributed by atoms with Crippen LogP contribution in [0, 0.1) is 0 Å². The predicted octanol–water partition coefficient (Wildman–Crippen LogP) is 2.95. The predicted molar refractivity (Wildman–Crippen MR) is 139 cm³/mol. The number of rotatable bonds is 9. The summed E-state index contributed by atoms with van der Waals surface area (Å²) in [6, 6.07) is 9.79. The molecule has 0 saturated carbocycles. The summed E-state index contributed by atoms with van der Waals surface area (Å²) >= 11 is 0. The number of piperidine rings is 1. The average Bonchev–Trinajstić information content (AvgIpc) is 3.20. The Morgan fingerprint density at radius 1 is 0.947 bits per heavy atom. The normalized spacial score (nSPS) is 20.1. The number of ether oxygens (including phenoxy) is 3. The van der Waals surface area contributed by atoms with Crippen LogP contribution in [0.25, 0.3) is 5.76 Å². The Hall–Kier alpha value is -3.41. The molecule has 0 unspecified atom stereocenters. The number of hydrogen-bond acceptors (Lipinski definition) is 8. The number of methoxy groups -OCH3 is 3. The van der Waals surface area contributed by atoms with Crippen molar-refractivity contribution >= 4 is 27.5 Å². The average molecular weight is 545 g/mol. The molecule has 2 saturated heterocycles. The van der Waals surface area contributed by atoms with E-state index in [0.29, 0.717) is 30.2 Å². The van der Waals surface area contributed by atoms with Crippen molar-refractivity contribution in [2.75, 3.05) is 47.6 Å². The molecule has 2 aliphatic heterocycles. The van der Waals surface area contributed by atoms with Crippen molar-refractivity contribution in [3.8, 4) is 11.5 Å². The summed E-state index contributed by atoms with van der Waals surface area (Å²) in [5.41, 5.74) is 0.645. The summed E-state index contributed by atoms with van der Waals surface area (Å²) in [5, 5.41) is 11.3. The van der Waals surface area contributed by atoms with Gasteiger partial charge in [-0.15, -0.1) is 0 Å². The van der Waals surface area contributed by atoms with Crippen LogP contribution in [-0.4, -0.2) is 82.0 Å². The number of likely N-dealkylation sites (tertiary alicyclic amines) is 1. The van der Waals surface area contributed by atoms with E-state index in [0.717, 1.165) is 19.3 Å². The lowest BCUT2D eigenvalue weighted by Crippen LogP contribution is -2.35. The van der Waals surface area contributed by atoms with Crippen molar-refractivity contribution in [2.45, 2.75) is 30.2 Å². The van der Waals surface area contributed by atoms with Crippen molar-refractivity contribution < 1.29 is 37.3 Å². The second-order valence-corrected chi connectivity index (χ2v) is 11.0. The third-order valence-electron chi connectivity index (χ3n) is 6.88. The highest BCUT2D eigenvalue weighted by Crippen LogP contribution is 2.42. The van der Waals surface area contributed by atoms with Crippen molar-refractivity contribution in [3.05, 3.63) is 59.2 Å². The first-order valence-electron chi connectivity index (χ1n) is 12.3. The second-order valence-electron chi connectivity index (χ2n) is 9.09. The van der Waals surface area contributed by atoms with Crippen LogP contribution in [0.3, 0.4) is 0 Å². The maximum Gasteiger partial charge on any atom is 0.295 e. The minimum absolute atomic E-state index is 0.105. The molecule has 204 valence electrons. The Labute approximate surface area is 222 Å². The number of sulfonamides is 1. The van der Waals surface area contributed by atoms with E-state index in [1.165, 1.54) is 54.8 Å². The van der Waals surface area contributed by atoms with Crippen LogP contribution in [-0.2, 0) is 24.3 Å². The Kier molecular flexibility index (Phi) is 8.39. The smallest absolute Gasteiger partial charge is 0.295 e.